The molecule has 0 bridgehead atoms. The SMILES string of the molecule is CCC.O=CCCC(c1ccccc1)c1ccccc1. The standard InChI is InChI=1S/C16H16O.C3H8/c17-13-7-12-16(14-8-3-1-4-9-14)15-10-5-2-6-11-15;1-3-2/h1-6,8-11,13,16H,7,12H2;3H2,1-2H3. The molecule has 0 unspecified atom stereocenters. The van der Waals surface area contributed by atoms with Gasteiger partial charge in [-0.3, -0.25) is 0 Å². The zero-order chi connectivity index (χ0) is 14.6. The van der Waals surface area contributed by atoms with Crippen LogP contribution < -0.4 is 0 Å². The Morgan fingerprint density at radius 2 is 1.25 bits per heavy atom. The van der Waals surface area contributed by atoms with E-state index < -0.39 is 0 Å². The first-order chi connectivity index (χ1) is 9.83. The molecule has 0 radical (unpaired) electrons. The van der Waals surface area contributed by atoms with Crippen molar-refractivity contribution < 1.29 is 4.79 Å². The maximum Gasteiger partial charge on any atom is 0.120 e. The zero-order valence-electron chi connectivity index (χ0n) is 12.5. The summed E-state index contributed by atoms with van der Waals surface area (Å²) in [6, 6.07) is 20.7. The van der Waals surface area contributed by atoms with E-state index in [1.54, 1.807) is 0 Å². The van der Waals surface area contributed by atoms with Gasteiger partial charge in [-0.25, -0.2) is 0 Å². The van der Waals surface area contributed by atoms with Crippen LogP contribution in [0.5, 0.6) is 0 Å². The molecule has 2 aromatic rings. The van der Waals surface area contributed by atoms with Crippen molar-refractivity contribution in [2.24, 2.45) is 0 Å². The van der Waals surface area contributed by atoms with Crippen molar-refractivity contribution in [1.82, 2.24) is 0 Å². The molecule has 0 spiro atoms. The molecule has 0 heterocycles. The highest BCUT2D eigenvalue weighted by atomic mass is 16.1. The first-order valence-electron chi connectivity index (χ1n) is 7.37. The molecule has 0 aliphatic rings. The molecular formula is C19H24O. The molecular weight excluding hydrogens is 244 g/mol. The number of hydrogen-bond donors (Lipinski definition) is 0. The summed E-state index contributed by atoms with van der Waals surface area (Å²) in [4.78, 5) is 10.6. The number of carbonyl (C=O) groups excluding carboxylic acids is 1. The molecule has 0 amide bonds. The highest BCUT2D eigenvalue weighted by Gasteiger charge is 2.12. The Bertz CT molecular complexity index is 422. The van der Waals surface area contributed by atoms with Crippen LogP contribution in [0.15, 0.2) is 60.7 Å². The van der Waals surface area contributed by atoms with Crippen molar-refractivity contribution in [2.75, 3.05) is 0 Å². The molecule has 20 heavy (non-hydrogen) atoms. The average molecular weight is 268 g/mol. The molecule has 106 valence electrons. The molecule has 0 atom stereocenters. The van der Waals surface area contributed by atoms with Gasteiger partial charge in [-0.2, -0.15) is 0 Å². The monoisotopic (exact) mass is 268 g/mol. The summed E-state index contributed by atoms with van der Waals surface area (Å²) in [5, 5.41) is 0. The summed E-state index contributed by atoms with van der Waals surface area (Å²) in [5.41, 5.74) is 2.56. The van der Waals surface area contributed by atoms with Crippen LogP contribution >= 0.6 is 0 Å². The second-order valence-electron chi connectivity index (χ2n) is 4.83. The largest absolute Gasteiger partial charge is 0.303 e. The van der Waals surface area contributed by atoms with E-state index in [0.717, 1.165) is 12.7 Å². The van der Waals surface area contributed by atoms with Crippen LogP contribution in [0.2, 0.25) is 0 Å². The second-order valence-corrected chi connectivity index (χ2v) is 4.83. The molecule has 0 aliphatic heterocycles. The van der Waals surface area contributed by atoms with Gasteiger partial charge < -0.3 is 4.79 Å². The van der Waals surface area contributed by atoms with E-state index in [2.05, 4.69) is 38.1 Å². The van der Waals surface area contributed by atoms with Crippen molar-refractivity contribution in [3.8, 4) is 0 Å². The normalized spacial score (nSPS) is 9.75. The summed E-state index contributed by atoms with van der Waals surface area (Å²) < 4.78 is 0. The van der Waals surface area contributed by atoms with Crippen molar-refractivity contribution in [2.45, 2.75) is 39.0 Å². The summed E-state index contributed by atoms with van der Waals surface area (Å²) in [6.07, 6.45) is 3.73. The molecule has 2 rings (SSSR count). The van der Waals surface area contributed by atoms with E-state index in [1.807, 2.05) is 36.4 Å². The number of hydrogen-bond acceptors (Lipinski definition) is 1. The van der Waals surface area contributed by atoms with Crippen LogP contribution in [-0.2, 0) is 4.79 Å². The quantitative estimate of drug-likeness (QED) is 0.680. The lowest BCUT2D eigenvalue weighted by molar-refractivity contribution is -0.107. The lowest BCUT2D eigenvalue weighted by atomic mass is 9.88. The van der Waals surface area contributed by atoms with Crippen LogP contribution in [0, 0.1) is 0 Å². The molecule has 0 aliphatic carbocycles. The van der Waals surface area contributed by atoms with E-state index in [4.69, 9.17) is 0 Å². The molecule has 2 aromatic carbocycles. The molecule has 0 aromatic heterocycles. The minimum Gasteiger partial charge on any atom is -0.303 e. The van der Waals surface area contributed by atoms with Gasteiger partial charge in [-0.1, -0.05) is 80.9 Å². The molecule has 0 saturated carbocycles. The van der Waals surface area contributed by atoms with Gasteiger partial charge in [-0.05, 0) is 17.5 Å². The van der Waals surface area contributed by atoms with Crippen LogP contribution in [0.3, 0.4) is 0 Å². The Morgan fingerprint density at radius 3 is 1.60 bits per heavy atom. The number of rotatable bonds is 5. The Balaban J connectivity index is 0.000000612. The van der Waals surface area contributed by atoms with Crippen LogP contribution in [-0.4, -0.2) is 6.29 Å². The molecule has 1 heteroatoms. The minimum atomic E-state index is 0.322. The van der Waals surface area contributed by atoms with Crippen molar-refractivity contribution in [3.63, 3.8) is 0 Å². The summed E-state index contributed by atoms with van der Waals surface area (Å²) in [6.45, 7) is 4.25. The first-order valence-corrected chi connectivity index (χ1v) is 7.37. The van der Waals surface area contributed by atoms with Gasteiger partial charge in [0.15, 0.2) is 0 Å². The lowest BCUT2D eigenvalue weighted by Gasteiger charge is -2.16. The predicted molar refractivity (Wildman–Crippen MR) is 86.0 cm³/mol. The van der Waals surface area contributed by atoms with E-state index >= 15 is 0 Å². The van der Waals surface area contributed by atoms with Gasteiger partial charge in [-0.15, -0.1) is 0 Å². The van der Waals surface area contributed by atoms with E-state index in [-0.39, 0.29) is 0 Å². The topological polar surface area (TPSA) is 17.1 Å². The van der Waals surface area contributed by atoms with Gasteiger partial charge in [0.25, 0.3) is 0 Å². The fourth-order valence-electron chi connectivity index (χ4n) is 2.13. The van der Waals surface area contributed by atoms with Crippen LogP contribution in [0.4, 0.5) is 0 Å². The van der Waals surface area contributed by atoms with Crippen molar-refractivity contribution >= 4 is 6.29 Å². The van der Waals surface area contributed by atoms with Crippen molar-refractivity contribution in [3.05, 3.63) is 71.8 Å². The predicted octanol–water partition coefficient (Wildman–Crippen LogP) is 5.21. The van der Waals surface area contributed by atoms with Crippen molar-refractivity contribution in [1.29, 1.82) is 0 Å². The van der Waals surface area contributed by atoms with E-state index in [0.29, 0.717) is 12.3 Å². The Labute approximate surface area is 122 Å². The summed E-state index contributed by atoms with van der Waals surface area (Å²) in [5.74, 6) is 0.322. The van der Waals surface area contributed by atoms with E-state index in [9.17, 15) is 4.79 Å². The third-order valence-electron chi connectivity index (χ3n) is 2.98. The Kier molecular flexibility index (Phi) is 8.05. The third-order valence-corrected chi connectivity index (χ3v) is 2.98. The Hall–Kier alpha value is -1.89. The molecule has 0 N–H and O–H groups in total. The van der Waals surface area contributed by atoms with Gasteiger partial charge in [0.1, 0.15) is 6.29 Å². The van der Waals surface area contributed by atoms with Crippen LogP contribution in [0.1, 0.15) is 50.2 Å². The number of benzene rings is 2. The third kappa shape index (κ3) is 5.40. The van der Waals surface area contributed by atoms with Crippen LogP contribution in [0.25, 0.3) is 0 Å². The van der Waals surface area contributed by atoms with Gasteiger partial charge in [0.2, 0.25) is 0 Å². The lowest BCUT2D eigenvalue weighted by Crippen LogP contribution is -2.01. The van der Waals surface area contributed by atoms with Gasteiger partial charge in [0, 0.05) is 12.3 Å². The number of aldehydes is 1. The fraction of sp³-hybridized carbons (Fsp3) is 0.316. The smallest absolute Gasteiger partial charge is 0.120 e. The maximum absolute atomic E-state index is 10.6. The summed E-state index contributed by atoms with van der Waals surface area (Å²) in [7, 11) is 0. The molecule has 0 saturated heterocycles. The maximum atomic E-state index is 10.6. The highest BCUT2D eigenvalue weighted by Crippen LogP contribution is 2.28. The average Bonchev–Trinajstić information content (AvgIpc) is 2.51. The first kappa shape index (κ1) is 16.2. The zero-order valence-corrected chi connectivity index (χ0v) is 12.5. The van der Waals surface area contributed by atoms with E-state index in [1.165, 1.54) is 17.5 Å². The molecule has 1 nitrogen and oxygen atoms in total. The second kappa shape index (κ2) is 9.96. The molecule has 0 fully saturated rings. The van der Waals surface area contributed by atoms with Gasteiger partial charge >= 0.3 is 0 Å². The minimum absolute atomic E-state index is 0.322. The van der Waals surface area contributed by atoms with Gasteiger partial charge in [0.05, 0.1) is 0 Å². The summed E-state index contributed by atoms with van der Waals surface area (Å²) >= 11 is 0. The fourth-order valence-corrected chi connectivity index (χ4v) is 2.13. The number of carbonyl (C=O) groups is 1. The Morgan fingerprint density at radius 1 is 0.850 bits per heavy atom. The highest BCUT2D eigenvalue weighted by molar-refractivity contribution is 5.50.